The molecule has 3 atom stereocenters. The van der Waals surface area contributed by atoms with Gasteiger partial charge in [0.05, 0.1) is 0 Å². The fourth-order valence-corrected chi connectivity index (χ4v) is 7.24. The number of rotatable bonds is 8. The van der Waals surface area contributed by atoms with Crippen LogP contribution in [0.1, 0.15) is 107 Å². The first-order valence-electron chi connectivity index (χ1n) is 13.7. The molecule has 4 heteroatoms. The Labute approximate surface area is 200 Å². The number of carboxylic acid groups (broad SMARTS) is 1. The van der Waals surface area contributed by atoms with Crippen molar-refractivity contribution in [1.82, 2.24) is 4.90 Å². The molecule has 3 aliphatic carbocycles. The summed E-state index contributed by atoms with van der Waals surface area (Å²) >= 11 is 0. The Morgan fingerprint density at radius 2 is 1.52 bits per heavy atom. The van der Waals surface area contributed by atoms with Gasteiger partial charge in [-0.15, -0.1) is 0 Å². The number of aryl methyl sites for hydroxylation is 1. The Bertz CT molecular complexity index is 749. The molecule has 1 aromatic rings. The van der Waals surface area contributed by atoms with E-state index in [1.54, 1.807) is 6.07 Å². The van der Waals surface area contributed by atoms with Crippen LogP contribution in [0.5, 0.6) is 0 Å². The Balaban J connectivity index is 1.64. The average Bonchev–Trinajstić information content (AvgIpc) is 2.80. The van der Waals surface area contributed by atoms with Gasteiger partial charge >= 0.3 is 5.97 Å². The molecule has 3 fully saturated rings. The molecule has 0 aromatic heterocycles. The molecule has 3 unspecified atom stereocenters. The number of halogens is 1. The Morgan fingerprint density at radius 3 is 2.06 bits per heavy atom. The second-order valence-corrected chi connectivity index (χ2v) is 11.4. The number of carboxylic acids is 1. The zero-order valence-corrected chi connectivity index (χ0v) is 20.6. The molecule has 0 saturated heterocycles. The highest BCUT2D eigenvalue weighted by Gasteiger charge is 2.41. The van der Waals surface area contributed by atoms with Crippen LogP contribution in [-0.2, 0) is 4.79 Å². The lowest BCUT2D eigenvalue weighted by molar-refractivity contribution is -0.138. The van der Waals surface area contributed by atoms with Crippen molar-refractivity contribution in [2.75, 3.05) is 13.1 Å². The van der Waals surface area contributed by atoms with E-state index in [9.17, 15) is 9.90 Å². The standard InChI is InChI=1S/C29H44FNO2/c1-21-15-16-25(26(30)17-21)29-24(18-28(32)33)13-8-14-27(29)31(19-22-9-4-2-5-10-22)20-23-11-6-3-7-12-23/h15-17,22-24,27,29H,2-14,18-20H2,1H3,(H,32,33). The van der Waals surface area contributed by atoms with Crippen molar-refractivity contribution < 1.29 is 14.3 Å². The molecule has 3 aliphatic rings. The van der Waals surface area contributed by atoms with Crippen LogP contribution in [-0.4, -0.2) is 35.1 Å². The van der Waals surface area contributed by atoms with E-state index in [1.807, 2.05) is 19.1 Å². The van der Waals surface area contributed by atoms with Crippen LogP contribution in [0.2, 0.25) is 0 Å². The molecular weight excluding hydrogens is 413 g/mol. The largest absolute Gasteiger partial charge is 0.481 e. The van der Waals surface area contributed by atoms with Gasteiger partial charge in [0.2, 0.25) is 0 Å². The maximum Gasteiger partial charge on any atom is 0.303 e. The fraction of sp³-hybridized carbons (Fsp3) is 0.759. The lowest BCUT2D eigenvalue weighted by atomic mass is 9.69. The van der Waals surface area contributed by atoms with Crippen LogP contribution in [0.15, 0.2) is 18.2 Å². The summed E-state index contributed by atoms with van der Waals surface area (Å²) in [6.45, 7) is 4.16. The fourth-order valence-electron chi connectivity index (χ4n) is 7.24. The first-order chi connectivity index (χ1) is 16.0. The third kappa shape index (κ3) is 6.59. The van der Waals surface area contributed by atoms with Gasteiger partial charge in [0, 0.05) is 31.5 Å². The molecule has 3 saturated carbocycles. The molecular formula is C29H44FNO2. The lowest BCUT2D eigenvalue weighted by Gasteiger charge is -2.47. The van der Waals surface area contributed by atoms with E-state index in [2.05, 4.69) is 4.90 Å². The van der Waals surface area contributed by atoms with Crippen molar-refractivity contribution >= 4 is 5.97 Å². The molecule has 0 amide bonds. The number of carbonyl (C=O) groups is 1. The quantitative estimate of drug-likeness (QED) is 0.444. The second-order valence-electron chi connectivity index (χ2n) is 11.4. The highest BCUT2D eigenvalue weighted by Crippen LogP contribution is 2.44. The summed E-state index contributed by atoms with van der Waals surface area (Å²) in [5.74, 6) is 0.583. The lowest BCUT2D eigenvalue weighted by Crippen LogP contribution is -2.49. The van der Waals surface area contributed by atoms with E-state index in [-0.39, 0.29) is 30.1 Å². The van der Waals surface area contributed by atoms with Gasteiger partial charge in [-0.25, -0.2) is 4.39 Å². The van der Waals surface area contributed by atoms with Crippen molar-refractivity contribution in [2.45, 2.75) is 109 Å². The van der Waals surface area contributed by atoms with Gasteiger partial charge in [-0.05, 0) is 80.4 Å². The van der Waals surface area contributed by atoms with Crippen LogP contribution in [0, 0.1) is 30.5 Å². The molecule has 184 valence electrons. The average molecular weight is 458 g/mol. The van der Waals surface area contributed by atoms with E-state index in [4.69, 9.17) is 0 Å². The van der Waals surface area contributed by atoms with Gasteiger partial charge in [0.1, 0.15) is 5.82 Å². The minimum atomic E-state index is -0.746. The zero-order chi connectivity index (χ0) is 23.2. The van der Waals surface area contributed by atoms with Gasteiger partial charge in [0.15, 0.2) is 0 Å². The smallest absolute Gasteiger partial charge is 0.303 e. The van der Waals surface area contributed by atoms with E-state index in [0.29, 0.717) is 0 Å². The van der Waals surface area contributed by atoms with Crippen LogP contribution >= 0.6 is 0 Å². The molecule has 3 nitrogen and oxygen atoms in total. The van der Waals surface area contributed by atoms with Crippen molar-refractivity contribution in [3.05, 3.63) is 35.1 Å². The first kappa shape index (κ1) is 24.7. The molecule has 0 radical (unpaired) electrons. The Morgan fingerprint density at radius 1 is 0.909 bits per heavy atom. The van der Waals surface area contributed by atoms with Gasteiger partial charge in [-0.3, -0.25) is 9.69 Å². The molecule has 0 aliphatic heterocycles. The number of hydrogen-bond acceptors (Lipinski definition) is 2. The summed E-state index contributed by atoms with van der Waals surface area (Å²) in [5, 5.41) is 9.68. The molecule has 1 N–H and O–H groups in total. The summed E-state index contributed by atoms with van der Waals surface area (Å²) in [6.07, 6.45) is 16.5. The summed E-state index contributed by atoms with van der Waals surface area (Å²) in [5.41, 5.74) is 1.69. The molecule has 0 heterocycles. The number of benzene rings is 1. The van der Waals surface area contributed by atoms with Crippen LogP contribution in [0.25, 0.3) is 0 Å². The third-order valence-corrected chi connectivity index (χ3v) is 8.85. The van der Waals surface area contributed by atoms with Crippen LogP contribution in [0.4, 0.5) is 4.39 Å². The van der Waals surface area contributed by atoms with Gasteiger partial charge in [0.25, 0.3) is 0 Å². The van der Waals surface area contributed by atoms with Crippen molar-refractivity contribution in [2.24, 2.45) is 17.8 Å². The summed E-state index contributed by atoms with van der Waals surface area (Å²) in [7, 11) is 0. The van der Waals surface area contributed by atoms with Gasteiger partial charge in [-0.1, -0.05) is 57.1 Å². The third-order valence-electron chi connectivity index (χ3n) is 8.85. The normalized spacial score (nSPS) is 27.7. The molecule has 0 spiro atoms. The maximum absolute atomic E-state index is 15.3. The highest BCUT2D eigenvalue weighted by molar-refractivity contribution is 5.67. The molecule has 1 aromatic carbocycles. The summed E-state index contributed by atoms with van der Waals surface area (Å²) in [4.78, 5) is 14.5. The minimum absolute atomic E-state index is 0.0127. The predicted molar refractivity (Wildman–Crippen MR) is 132 cm³/mol. The van der Waals surface area contributed by atoms with Crippen molar-refractivity contribution in [1.29, 1.82) is 0 Å². The predicted octanol–water partition coefficient (Wildman–Crippen LogP) is 7.32. The van der Waals surface area contributed by atoms with Gasteiger partial charge in [-0.2, -0.15) is 0 Å². The summed E-state index contributed by atoms with van der Waals surface area (Å²) < 4.78 is 15.3. The van der Waals surface area contributed by atoms with E-state index in [1.165, 1.54) is 64.2 Å². The van der Waals surface area contributed by atoms with Crippen molar-refractivity contribution in [3.63, 3.8) is 0 Å². The number of hydrogen-bond donors (Lipinski definition) is 1. The topological polar surface area (TPSA) is 40.5 Å². The van der Waals surface area contributed by atoms with E-state index < -0.39 is 5.97 Å². The molecule has 0 bridgehead atoms. The SMILES string of the molecule is Cc1ccc(C2C(CC(=O)O)CCCC2N(CC2CCCCC2)CC2CCCCC2)c(F)c1. The Hall–Kier alpha value is -1.42. The molecule has 33 heavy (non-hydrogen) atoms. The monoisotopic (exact) mass is 457 g/mol. The maximum atomic E-state index is 15.3. The summed E-state index contributed by atoms with van der Waals surface area (Å²) in [6, 6.07) is 5.87. The van der Waals surface area contributed by atoms with E-state index in [0.717, 1.165) is 55.3 Å². The van der Waals surface area contributed by atoms with Crippen molar-refractivity contribution in [3.8, 4) is 0 Å². The molecule has 4 rings (SSSR count). The van der Waals surface area contributed by atoms with E-state index >= 15 is 4.39 Å². The number of aliphatic carboxylic acids is 1. The Kier molecular flexibility index (Phi) is 8.85. The second kappa shape index (κ2) is 11.8. The minimum Gasteiger partial charge on any atom is -0.481 e. The number of nitrogens with zero attached hydrogens (tertiary/aromatic N) is 1. The van der Waals surface area contributed by atoms with Crippen LogP contribution < -0.4 is 0 Å². The highest BCUT2D eigenvalue weighted by atomic mass is 19.1. The van der Waals surface area contributed by atoms with Crippen LogP contribution in [0.3, 0.4) is 0 Å². The van der Waals surface area contributed by atoms with Gasteiger partial charge < -0.3 is 5.11 Å². The zero-order valence-electron chi connectivity index (χ0n) is 20.6. The first-order valence-corrected chi connectivity index (χ1v) is 13.7.